The second kappa shape index (κ2) is 4.75. The molecule has 0 radical (unpaired) electrons. The summed E-state index contributed by atoms with van der Waals surface area (Å²) in [6.45, 7) is 3.33. The van der Waals surface area contributed by atoms with Crippen molar-refractivity contribution < 1.29 is 4.39 Å². The topological polar surface area (TPSA) is 12.0 Å². The quantitative estimate of drug-likeness (QED) is 0.786. The van der Waals surface area contributed by atoms with Gasteiger partial charge in [0.2, 0.25) is 0 Å². The zero-order valence-corrected chi connectivity index (χ0v) is 9.17. The first kappa shape index (κ1) is 10.6. The van der Waals surface area contributed by atoms with Gasteiger partial charge < -0.3 is 5.32 Å². The maximum atomic E-state index is 12.7. The van der Waals surface area contributed by atoms with E-state index in [1.54, 1.807) is 12.1 Å². The summed E-state index contributed by atoms with van der Waals surface area (Å²) in [4.78, 5) is 0. The third-order valence-electron chi connectivity index (χ3n) is 3.20. The molecule has 2 atom stereocenters. The standard InChI is InChI=1S/C13H18FN/c1-10-2-3-12(9-15-10)8-11-4-6-13(14)7-5-11/h4-7,10,12,15H,2-3,8-9H2,1H3. The van der Waals surface area contributed by atoms with Gasteiger partial charge >= 0.3 is 0 Å². The highest BCUT2D eigenvalue weighted by Gasteiger charge is 2.17. The van der Waals surface area contributed by atoms with E-state index < -0.39 is 0 Å². The first-order chi connectivity index (χ1) is 7.24. The molecule has 15 heavy (non-hydrogen) atoms. The Morgan fingerprint density at radius 2 is 2.00 bits per heavy atom. The van der Waals surface area contributed by atoms with Crippen LogP contribution in [0, 0.1) is 11.7 Å². The lowest BCUT2D eigenvalue weighted by molar-refractivity contribution is 0.322. The maximum Gasteiger partial charge on any atom is 0.123 e. The SMILES string of the molecule is CC1CCC(Cc2ccc(F)cc2)CN1. The largest absolute Gasteiger partial charge is 0.314 e. The Kier molecular flexibility index (Phi) is 3.37. The number of halogens is 1. The molecule has 0 amide bonds. The van der Waals surface area contributed by atoms with Gasteiger partial charge in [-0.05, 0) is 56.3 Å². The third kappa shape index (κ3) is 3.03. The summed E-state index contributed by atoms with van der Waals surface area (Å²) in [7, 11) is 0. The van der Waals surface area contributed by atoms with Crippen molar-refractivity contribution >= 4 is 0 Å². The molecule has 2 unspecified atom stereocenters. The van der Waals surface area contributed by atoms with E-state index >= 15 is 0 Å². The first-order valence-corrected chi connectivity index (χ1v) is 5.72. The molecule has 2 rings (SSSR count). The fraction of sp³-hybridized carbons (Fsp3) is 0.538. The molecule has 0 spiro atoms. The molecule has 0 aliphatic carbocycles. The number of piperidine rings is 1. The van der Waals surface area contributed by atoms with Gasteiger partial charge in [-0.2, -0.15) is 0 Å². The molecule has 1 aromatic rings. The van der Waals surface area contributed by atoms with Crippen LogP contribution in [-0.2, 0) is 6.42 Å². The Labute approximate surface area is 90.7 Å². The molecular weight excluding hydrogens is 189 g/mol. The molecule has 1 N–H and O–H groups in total. The summed E-state index contributed by atoms with van der Waals surface area (Å²) in [6.07, 6.45) is 3.61. The van der Waals surface area contributed by atoms with E-state index in [1.165, 1.54) is 18.4 Å². The van der Waals surface area contributed by atoms with Gasteiger partial charge in [-0.15, -0.1) is 0 Å². The van der Waals surface area contributed by atoms with Gasteiger partial charge in [0.15, 0.2) is 0 Å². The first-order valence-electron chi connectivity index (χ1n) is 5.72. The zero-order valence-electron chi connectivity index (χ0n) is 9.17. The van der Waals surface area contributed by atoms with Crippen LogP contribution in [0.4, 0.5) is 4.39 Å². The van der Waals surface area contributed by atoms with Gasteiger partial charge in [-0.3, -0.25) is 0 Å². The molecule has 0 aromatic heterocycles. The molecule has 1 aliphatic rings. The molecule has 1 nitrogen and oxygen atoms in total. The van der Waals surface area contributed by atoms with Crippen LogP contribution in [0.5, 0.6) is 0 Å². The monoisotopic (exact) mass is 207 g/mol. The summed E-state index contributed by atoms with van der Waals surface area (Å²) < 4.78 is 12.7. The van der Waals surface area contributed by atoms with Crippen LogP contribution < -0.4 is 5.32 Å². The molecule has 2 heteroatoms. The number of hydrogen-bond acceptors (Lipinski definition) is 1. The third-order valence-corrected chi connectivity index (χ3v) is 3.20. The minimum Gasteiger partial charge on any atom is -0.314 e. The highest BCUT2D eigenvalue weighted by molar-refractivity contribution is 5.16. The Bertz CT molecular complexity index is 299. The second-order valence-corrected chi connectivity index (χ2v) is 4.58. The zero-order chi connectivity index (χ0) is 10.7. The fourth-order valence-electron chi connectivity index (χ4n) is 2.19. The van der Waals surface area contributed by atoms with E-state index in [0.29, 0.717) is 12.0 Å². The molecule has 0 bridgehead atoms. The van der Waals surface area contributed by atoms with E-state index in [-0.39, 0.29) is 5.82 Å². The second-order valence-electron chi connectivity index (χ2n) is 4.58. The highest BCUT2D eigenvalue weighted by Crippen LogP contribution is 2.19. The average Bonchev–Trinajstić information content (AvgIpc) is 2.25. The Morgan fingerprint density at radius 1 is 1.27 bits per heavy atom. The molecular formula is C13H18FN. The van der Waals surface area contributed by atoms with E-state index in [0.717, 1.165) is 13.0 Å². The average molecular weight is 207 g/mol. The van der Waals surface area contributed by atoms with Crippen molar-refractivity contribution in [3.8, 4) is 0 Å². The summed E-state index contributed by atoms with van der Waals surface area (Å²) in [5.74, 6) is 0.570. The normalized spacial score (nSPS) is 26.5. The Balaban J connectivity index is 1.89. The number of benzene rings is 1. The van der Waals surface area contributed by atoms with E-state index in [9.17, 15) is 4.39 Å². The lowest BCUT2D eigenvalue weighted by atomic mass is 9.90. The van der Waals surface area contributed by atoms with Crippen molar-refractivity contribution in [2.45, 2.75) is 32.2 Å². The van der Waals surface area contributed by atoms with Crippen molar-refractivity contribution in [2.75, 3.05) is 6.54 Å². The van der Waals surface area contributed by atoms with Gasteiger partial charge in [0.25, 0.3) is 0 Å². The van der Waals surface area contributed by atoms with Crippen molar-refractivity contribution in [3.05, 3.63) is 35.6 Å². The Hall–Kier alpha value is -0.890. The number of hydrogen-bond donors (Lipinski definition) is 1. The predicted molar refractivity (Wildman–Crippen MR) is 60.3 cm³/mol. The minimum absolute atomic E-state index is 0.144. The summed E-state index contributed by atoms with van der Waals surface area (Å²) in [5, 5.41) is 3.49. The molecule has 82 valence electrons. The molecule has 1 aliphatic heterocycles. The van der Waals surface area contributed by atoms with E-state index in [4.69, 9.17) is 0 Å². The molecule has 1 heterocycles. The van der Waals surface area contributed by atoms with E-state index in [2.05, 4.69) is 12.2 Å². The number of nitrogens with one attached hydrogen (secondary N) is 1. The summed E-state index contributed by atoms with van der Waals surface area (Å²) in [5.41, 5.74) is 1.25. The van der Waals surface area contributed by atoms with Crippen molar-refractivity contribution in [2.24, 2.45) is 5.92 Å². The van der Waals surface area contributed by atoms with Gasteiger partial charge in [0.05, 0.1) is 0 Å². The van der Waals surface area contributed by atoms with E-state index in [1.807, 2.05) is 12.1 Å². The van der Waals surface area contributed by atoms with Gasteiger partial charge in [0, 0.05) is 6.04 Å². The van der Waals surface area contributed by atoms with Crippen molar-refractivity contribution in [1.82, 2.24) is 5.32 Å². The van der Waals surface area contributed by atoms with Gasteiger partial charge in [-0.25, -0.2) is 4.39 Å². The molecule has 1 saturated heterocycles. The van der Waals surface area contributed by atoms with Crippen molar-refractivity contribution in [1.29, 1.82) is 0 Å². The lowest BCUT2D eigenvalue weighted by Crippen LogP contribution is -2.37. The van der Waals surface area contributed by atoms with Crippen molar-refractivity contribution in [3.63, 3.8) is 0 Å². The predicted octanol–water partition coefficient (Wildman–Crippen LogP) is 2.76. The molecule has 1 fully saturated rings. The van der Waals surface area contributed by atoms with Crippen LogP contribution in [0.1, 0.15) is 25.3 Å². The lowest BCUT2D eigenvalue weighted by Gasteiger charge is -2.27. The maximum absolute atomic E-state index is 12.7. The molecule has 0 saturated carbocycles. The van der Waals surface area contributed by atoms with Crippen LogP contribution in [0.25, 0.3) is 0 Å². The number of rotatable bonds is 2. The highest BCUT2D eigenvalue weighted by atomic mass is 19.1. The van der Waals surface area contributed by atoms with Crippen LogP contribution in [-0.4, -0.2) is 12.6 Å². The summed E-state index contributed by atoms with van der Waals surface area (Å²) >= 11 is 0. The smallest absolute Gasteiger partial charge is 0.123 e. The van der Waals surface area contributed by atoms with Gasteiger partial charge in [-0.1, -0.05) is 12.1 Å². The fourth-order valence-corrected chi connectivity index (χ4v) is 2.19. The summed E-state index contributed by atoms with van der Waals surface area (Å²) in [6, 6.07) is 7.55. The van der Waals surface area contributed by atoms with Gasteiger partial charge in [0.1, 0.15) is 5.82 Å². The van der Waals surface area contributed by atoms with Crippen LogP contribution in [0.15, 0.2) is 24.3 Å². The minimum atomic E-state index is -0.144. The van der Waals surface area contributed by atoms with Crippen LogP contribution in [0.3, 0.4) is 0 Å². The van der Waals surface area contributed by atoms with Crippen LogP contribution in [0.2, 0.25) is 0 Å². The molecule has 1 aromatic carbocycles. The Morgan fingerprint density at radius 3 is 2.60 bits per heavy atom. The van der Waals surface area contributed by atoms with Crippen LogP contribution >= 0.6 is 0 Å².